The Morgan fingerprint density at radius 1 is 1.27 bits per heavy atom. The summed E-state index contributed by atoms with van der Waals surface area (Å²) in [6.07, 6.45) is -0.220. The molecule has 0 bridgehead atoms. The highest BCUT2D eigenvalue weighted by Gasteiger charge is 2.11. The summed E-state index contributed by atoms with van der Waals surface area (Å²) in [5.41, 5.74) is 3.50. The lowest BCUT2D eigenvalue weighted by molar-refractivity contribution is 0.0312. The zero-order valence-electron chi connectivity index (χ0n) is 8.17. The minimum Gasteiger partial charge on any atom is -0.324 e. The normalized spacial score (nSPS) is 11.6. The summed E-state index contributed by atoms with van der Waals surface area (Å²) in [6, 6.07) is 9.52. The van der Waals surface area contributed by atoms with E-state index in [1.165, 1.54) is 0 Å². The van der Waals surface area contributed by atoms with E-state index in [0.717, 1.165) is 5.56 Å². The van der Waals surface area contributed by atoms with Crippen LogP contribution in [0.2, 0.25) is 0 Å². The van der Waals surface area contributed by atoms with Gasteiger partial charge < -0.3 is 9.79 Å². The van der Waals surface area contributed by atoms with E-state index < -0.39 is 7.60 Å². The average Bonchev–Trinajstić information content (AvgIpc) is 2.17. The first kappa shape index (κ1) is 12.4. The van der Waals surface area contributed by atoms with E-state index in [4.69, 9.17) is 14.6 Å². The van der Waals surface area contributed by atoms with Crippen molar-refractivity contribution in [3.63, 3.8) is 0 Å². The Kier molecular flexibility index (Phi) is 4.94. The molecule has 0 spiro atoms. The Morgan fingerprint density at radius 3 is 2.53 bits per heavy atom. The quantitative estimate of drug-likeness (QED) is 0.385. The van der Waals surface area contributed by atoms with Gasteiger partial charge in [-0.15, -0.1) is 0 Å². The monoisotopic (exact) mass is 231 g/mol. The molecule has 0 aliphatic rings. The van der Waals surface area contributed by atoms with Crippen molar-refractivity contribution in [1.82, 2.24) is 5.48 Å². The van der Waals surface area contributed by atoms with Crippen LogP contribution in [-0.2, 0) is 16.0 Å². The molecular formula is C9H14NO4P. The highest BCUT2D eigenvalue weighted by Crippen LogP contribution is 2.32. The Morgan fingerprint density at radius 2 is 1.93 bits per heavy atom. The first-order chi connectivity index (χ1) is 7.08. The van der Waals surface area contributed by atoms with Gasteiger partial charge in [-0.2, -0.15) is 0 Å². The maximum Gasteiger partial charge on any atom is 0.326 e. The highest BCUT2D eigenvalue weighted by atomic mass is 31.2. The molecule has 0 aromatic heterocycles. The third kappa shape index (κ3) is 6.38. The van der Waals surface area contributed by atoms with Crippen LogP contribution in [0.3, 0.4) is 0 Å². The van der Waals surface area contributed by atoms with Gasteiger partial charge in [0.15, 0.2) is 0 Å². The Balaban J connectivity index is 2.10. The van der Waals surface area contributed by atoms with Crippen LogP contribution in [0.15, 0.2) is 30.3 Å². The summed E-state index contributed by atoms with van der Waals surface area (Å²) in [7, 11) is -3.92. The predicted molar refractivity (Wildman–Crippen MR) is 56.1 cm³/mol. The summed E-state index contributed by atoms with van der Waals surface area (Å²) in [4.78, 5) is 22.1. The van der Waals surface area contributed by atoms with E-state index in [-0.39, 0.29) is 12.7 Å². The molecule has 0 aliphatic carbocycles. The second kappa shape index (κ2) is 6.00. The van der Waals surface area contributed by atoms with Gasteiger partial charge in [0.1, 0.15) is 0 Å². The molecule has 1 rings (SSSR count). The van der Waals surface area contributed by atoms with Gasteiger partial charge in [-0.3, -0.25) is 9.40 Å². The summed E-state index contributed by atoms with van der Waals surface area (Å²) < 4.78 is 10.5. The third-order valence-electron chi connectivity index (χ3n) is 1.69. The lowest BCUT2D eigenvalue weighted by Gasteiger charge is -2.06. The number of hydrogen-bond acceptors (Lipinski definition) is 3. The summed E-state index contributed by atoms with van der Waals surface area (Å²) in [6.45, 7) is 0.513. The van der Waals surface area contributed by atoms with Crippen molar-refractivity contribution < 1.29 is 19.2 Å². The van der Waals surface area contributed by atoms with Crippen LogP contribution >= 0.6 is 7.60 Å². The van der Waals surface area contributed by atoms with Crippen molar-refractivity contribution >= 4 is 7.60 Å². The Hall–Kier alpha value is -0.710. The summed E-state index contributed by atoms with van der Waals surface area (Å²) in [5.74, 6) is 0. The fraction of sp³-hybridized carbons (Fsp3) is 0.333. The molecule has 3 N–H and O–H groups in total. The molecule has 0 amide bonds. The van der Waals surface area contributed by atoms with E-state index in [0.29, 0.717) is 6.61 Å². The second-order valence-corrected chi connectivity index (χ2v) is 4.83. The molecule has 15 heavy (non-hydrogen) atoms. The molecule has 0 saturated carbocycles. The van der Waals surface area contributed by atoms with Crippen LogP contribution in [-0.4, -0.2) is 22.5 Å². The van der Waals surface area contributed by atoms with E-state index in [9.17, 15) is 4.57 Å². The van der Waals surface area contributed by atoms with Crippen LogP contribution in [0.25, 0.3) is 0 Å². The summed E-state index contributed by atoms with van der Waals surface area (Å²) >= 11 is 0. The van der Waals surface area contributed by atoms with Crippen molar-refractivity contribution in [2.24, 2.45) is 0 Å². The zero-order chi connectivity index (χ0) is 11.1. The van der Waals surface area contributed by atoms with Crippen LogP contribution in [0, 0.1) is 0 Å². The second-order valence-electron chi connectivity index (χ2n) is 3.06. The van der Waals surface area contributed by atoms with E-state index in [1.54, 1.807) is 0 Å². The Bertz CT molecular complexity index is 324. The Labute approximate surface area is 88.2 Å². The van der Waals surface area contributed by atoms with Gasteiger partial charge in [-0.25, -0.2) is 5.48 Å². The fourth-order valence-corrected chi connectivity index (χ4v) is 1.35. The first-order valence-corrected chi connectivity index (χ1v) is 6.31. The van der Waals surface area contributed by atoms with Crippen LogP contribution in [0.1, 0.15) is 5.56 Å². The van der Waals surface area contributed by atoms with E-state index >= 15 is 0 Å². The predicted octanol–water partition coefficient (Wildman–Crippen LogP) is 0.885. The molecule has 0 aliphatic heterocycles. The van der Waals surface area contributed by atoms with Gasteiger partial charge in [-0.05, 0) is 5.56 Å². The zero-order valence-corrected chi connectivity index (χ0v) is 9.06. The molecule has 0 heterocycles. The molecule has 5 nitrogen and oxygen atoms in total. The smallest absolute Gasteiger partial charge is 0.324 e. The maximum absolute atomic E-state index is 10.5. The van der Waals surface area contributed by atoms with Gasteiger partial charge in [0.05, 0.1) is 12.8 Å². The van der Waals surface area contributed by atoms with Crippen molar-refractivity contribution in [2.75, 3.05) is 12.7 Å². The number of rotatable bonds is 6. The van der Waals surface area contributed by atoms with Gasteiger partial charge in [-0.1, -0.05) is 30.3 Å². The average molecular weight is 231 g/mol. The minimum atomic E-state index is -3.92. The molecule has 0 fully saturated rings. The van der Waals surface area contributed by atoms with Crippen molar-refractivity contribution in [3.8, 4) is 0 Å². The largest absolute Gasteiger partial charge is 0.326 e. The fourth-order valence-electron chi connectivity index (χ4n) is 0.972. The topological polar surface area (TPSA) is 78.8 Å². The summed E-state index contributed by atoms with van der Waals surface area (Å²) in [5, 5.41) is 0. The van der Waals surface area contributed by atoms with Crippen LogP contribution < -0.4 is 5.48 Å². The maximum atomic E-state index is 10.5. The molecular weight excluding hydrogens is 217 g/mol. The van der Waals surface area contributed by atoms with Crippen molar-refractivity contribution in [3.05, 3.63) is 35.9 Å². The van der Waals surface area contributed by atoms with Gasteiger partial charge in [0, 0.05) is 6.54 Å². The molecule has 84 valence electrons. The lowest BCUT2D eigenvalue weighted by Crippen LogP contribution is -2.18. The van der Waals surface area contributed by atoms with Gasteiger partial charge >= 0.3 is 7.60 Å². The number of nitrogens with one attached hydrogen (secondary N) is 1. The minimum absolute atomic E-state index is 0.136. The molecule has 6 heteroatoms. The molecule has 0 radical (unpaired) electrons. The highest BCUT2D eigenvalue weighted by molar-refractivity contribution is 7.51. The molecule has 1 aromatic carbocycles. The van der Waals surface area contributed by atoms with Crippen LogP contribution in [0.4, 0.5) is 0 Å². The van der Waals surface area contributed by atoms with Gasteiger partial charge in [0.2, 0.25) is 0 Å². The lowest BCUT2D eigenvalue weighted by atomic mass is 10.2. The number of benzene rings is 1. The molecule has 0 saturated heterocycles. The van der Waals surface area contributed by atoms with Crippen molar-refractivity contribution in [2.45, 2.75) is 6.61 Å². The third-order valence-corrected chi connectivity index (χ3v) is 2.50. The molecule has 0 atom stereocenters. The number of hydrogen-bond donors (Lipinski definition) is 3. The van der Waals surface area contributed by atoms with Crippen molar-refractivity contribution in [1.29, 1.82) is 0 Å². The van der Waals surface area contributed by atoms with Gasteiger partial charge in [0.25, 0.3) is 0 Å². The number of hydroxylamine groups is 1. The first-order valence-electron chi connectivity index (χ1n) is 4.51. The SMILES string of the molecule is O=P(O)(O)CCNOCc1ccccc1. The van der Waals surface area contributed by atoms with Crippen LogP contribution in [0.5, 0.6) is 0 Å². The van der Waals surface area contributed by atoms with E-state index in [1.807, 2.05) is 30.3 Å². The molecule has 1 aromatic rings. The molecule has 0 unspecified atom stereocenters. The van der Waals surface area contributed by atoms with E-state index in [2.05, 4.69) is 5.48 Å². The standard InChI is InChI=1S/C9H14NO4P/c11-15(12,13)7-6-10-14-8-9-4-2-1-3-5-9/h1-5,10H,6-8H2,(H2,11,12,13).